The Hall–Kier alpha value is -4.05. The Labute approximate surface area is 207 Å². The molecule has 3 N–H and O–H groups in total. The number of nitrogens with one attached hydrogen (secondary N) is 1. The highest BCUT2D eigenvalue weighted by Crippen LogP contribution is 2.38. The van der Waals surface area contributed by atoms with Gasteiger partial charge in [0.25, 0.3) is 5.56 Å². The fourth-order valence-corrected chi connectivity index (χ4v) is 4.89. The third-order valence-corrected chi connectivity index (χ3v) is 6.76. The van der Waals surface area contributed by atoms with Crippen LogP contribution in [0.3, 0.4) is 0 Å². The number of amides is 1. The van der Waals surface area contributed by atoms with E-state index in [1.165, 1.54) is 16.5 Å². The summed E-state index contributed by atoms with van der Waals surface area (Å²) in [7, 11) is 1.51. The molecule has 1 saturated heterocycles. The Balaban J connectivity index is 1.36. The minimum Gasteiger partial charge on any atom is -0.486 e. The zero-order chi connectivity index (χ0) is 25.2. The number of benzene rings is 2. The number of nitrogens with zero attached hydrogens (tertiary/aromatic N) is 3. The van der Waals surface area contributed by atoms with E-state index >= 15 is 0 Å². The van der Waals surface area contributed by atoms with Crippen LogP contribution in [-0.2, 0) is 11.3 Å². The second kappa shape index (κ2) is 9.90. The van der Waals surface area contributed by atoms with Crippen LogP contribution in [0.5, 0.6) is 11.5 Å². The highest BCUT2D eigenvalue weighted by molar-refractivity contribution is 5.96. The molecule has 1 atom stereocenters. The van der Waals surface area contributed by atoms with Gasteiger partial charge in [-0.2, -0.15) is 0 Å². The van der Waals surface area contributed by atoms with E-state index in [0.29, 0.717) is 19.0 Å². The SMILES string of the molecule is CN(C(=O)CN1CCC[C@@H]1c1ccc2c(c1)OCCO2)c1c(N)n(Cc2ccccc2)c(=O)[nH]c1=O. The van der Waals surface area contributed by atoms with Crippen LogP contribution in [0.2, 0.25) is 0 Å². The van der Waals surface area contributed by atoms with Crippen LogP contribution in [0.15, 0.2) is 58.1 Å². The number of aromatic amines is 1. The molecule has 10 nitrogen and oxygen atoms in total. The van der Waals surface area contributed by atoms with Gasteiger partial charge in [-0.1, -0.05) is 36.4 Å². The van der Waals surface area contributed by atoms with Crippen molar-refractivity contribution in [1.82, 2.24) is 14.5 Å². The minimum atomic E-state index is -0.692. The van der Waals surface area contributed by atoms with Gasteiger partial charge in [-0.05, 0) is 42.6 Å². The summed E-state index contributed by atoms with van der Waals surface area (Å²) >= 11 is 0. The van der Waals surface area contributed by atoms with Crippen LogP contribution in [-0.4, -0.2) is 53.7 Å². The maximum Gasteiger partial charge on any atom is 0.330 e. The van der Waals surface area contributed by atoms with Crippen LogP contribution in [0.4, 0.5) is 11.5 Å². The second-order valence-electron chi connectivity index (χ2n) is 9.05. The number of hydrogen-bond acceptors (Lipinski definition) is 7. The highest BCUT2D eigenvalue weighted by Gasteiger charge is 2.31. The zero-order valence-electron chi connectivity index (χ0n) is 20.1. The molecule has 2 aliphatic heterocycles. The Bertz CT molecular complexity index is 1380. The average molecular weight is 492 g/mol. The van der Waals surface area contributed by atoms with Gasteiger partial charge in [0, 0.05) is 13.1 Å². The predicted molar refractivity (Wildman–Crippen MR) is 136 cm³/mol. The molecule has 1 amide bonds. The minimum absolute atomic E-state index is 0.0365. The van der Waals surface area contributed by atoms with Crippen molar-refractivity contribution in [1.29, 1.82) is 0 Å². The summed E-state index contributed by atoms with van der Waals surface area (Å²) in [4.78, 5) is 44.1. The molecule has 188 valence electrons. The van der Waals surface area contributed by atoms with E-state index in [9.17, 15) is 14.4 Å². The summed E-state index contributed by atoms with van der Waals surface area (Å²) in [5.74, 6) is 1.11. The standard InChI is InChI=1S/C26H29N5O5/c1-29(23-24(27)31(26(34)28-25(23)33)15-17-6-3-2-4-7-17)22(32)16-30-11-5-8-19(30)18-9-10-20-21(14-18)36-13-12-35-20/h2-4,6-7,9-10,14,19H,5,8,11-13,15-16,27H2,1H3,(H,28,33,34)/t19-/m1/s1. The number of likely N-dealkylation sites (tertiary alicyclic amines) is 1. The third-order valence-electron chi connectivity index (χ3n) is 6.76. The molecule has 1 fully saturated rings. The van der Waals surface area contributed by atoms with Crippen molar-refractivity contribution in [3.05, 3.63) is 80.5 Å². The number of nitrogen functional groups attached to an aromatic ring is 1. The Kier molecular flexibility index (Phi) is 6.51. The first kappa shape index (κ1) is 23.7. The van der Waals surface area contributed by atoms with E-state index in [2.05, 4.69) is 9.88 Å². The quantitative estimate of drug-likeness (QED) is 0.538. The van der Waals surface area contributed by atoms with Crippen LogP contribution in [0, 0.1) is 0 Å². The molecule has 0 radical (unpaired) electrons. The lowest BCUT2D eigenvalue weighted by molar-refractivity contribution is -0.119. The van der Waals surface area contributed by atoms with E-state index in [4.69, 9.17) is 15.2 Å². The predicted octanol–water partition coefficient (Wildman–Crippen LogP) is 1.74. The van der Waals surface area contributed by atoms with Crippen molar-refractivity contribution in [2.75, 3.05) is 44.0 Å². The number of ether oxygens (including phenoxy) is 2. The molecule has 5 rings (SSSR count). The number of H-pyrrole nitrogens is 1. The summed E-state index contributed by atoms with van der Waals surface area (Å²) in [5.41, 5.74) is 6.82. The number of carbonyl (C=O) groups excluding carboxylic acids is 1. The molecule has 0 unspecified atom stereocenters. The highest BCUT2D eigenvalue weighted by atomic mass is 16.6. The number of anilines is 2. The van der Waals surface area contributed by atoms with Crippen molar-refractivity contribution in [2.24, 2.45) is 0 Å². The van der Waals surface area contributed by atoms with Gasteiger partial charge < -0.3 is 20.1 Å². The molecule has 36 heavy (non-hydrogen) atoms. The van der Waals surface area contributed by atoms with Gasteiger partial charge in [0.2, 0.25) is 5.91 Å². The van der Waals surface area contributed by atoms with E-state index in [1.807, 2.05) is 48.5 Å². The van der Waals surface area contributed by atoms with Crippen molar-refractivity contribution in [3.8, 4) is 11.5 Å². The van der Waals surface area contributed by atoms with Crippen molar-refractivity contribution in [3.63, 3.8) is 0 Å². The molecule has 0 aliphatic carbocycles. The van der Waals surface area contributed by atoms with Crippen molar-refractivity contribution >= 4 is 17.4 Å². The molecule has 0 bridgehead atoms. The number of likely N-dealkylation sites (N-methyl/N-ethyl adjacent to an activating group) is 1. The van der Waals surface area contributed by atoms with Crippen molar-refractivity contribution in [2.45, 2.75) is 25.4 Å². The molecule has 3 aromatic rings. The molecule has 3 heterocycles. The number of hydrogen-bond donors (Lipinski definition) is 2. The van der Waals surface area contributed by atoms with Gasteiger partial charge in [0.05, 0.1) is 13.1 Å². The lowest BCUT2D eigenvalue weighted by Gasteiger charge is -2.28. The molecule has 2 aliphatic rings. The molecular weight excluding hydrogens is 462 g/mol. The Morgan fingerprint density at radius 1 is 1.11 bits per heavy atom. The monoisotopic (exact) mass is 491 g/mol. The summed E-state index contributed by atoms with van der Waals surface area (Å²) in [5, 5.41) is 0. The summed E-state index contributed by atoms with van der Waals surface area (Å²) in [6.07, 6.45) is 1.85. The lowest BCUT2D eigenvalue weighted by atomic mass is 10.0. The van der Waals surface area contributed by atoms with Crippen LogP contribution in [0.1, 0.15) is 30.0 Å². The third kappa shape index (κ3) is 4.59. The molecule has 0 spiro atoms. The number of carbonyl (C=O) groups is 1. The largest absolute Gasteiger partial charge is 0.486 e. The van der Waals surface area contributed by atoms with Gasteiger partial charge in [-0.3, -0.25) is 24.0 Å². The number of fused-ring (bicyclic) bond motifs is 1. The Morgan fingerprint density at radius 3 is 2.64 bits per heavy atom. The fourth-order valence-electron chi connectivity index (χ4n) is 4.89. The van der Waals surface area contributed by atoms with Crippen LogP contribution < -0.4 is 31.4 Å². The first-order valence-electron chi connectivity index (χ1n) is 12.0. The average Bonchev–Trinajstić information content (AvgIpc) is 3.34. The first-order valence-corrected chi connectivity index (χ1v) is 12.0. The second-order valence-corrected chi connectivity index (χ2v) is 9.05. The summed E-state index contributed by atoms with van der Waals surface area (Å²) < 4.78 is 12.6. The van der Waals surface area contributed by atoms with Gasteiger partial charge in [0.1, 0.15) is 19.0 Å². The normalized spacial score (nSPS) is 17.2. The van der Waals surface area contributed by atoms with Gasteiger partial charge in [-0.15, -0.1) is 0 Å². The fraction of sp³-hybridized carbons (Fsp3) is 0.346. The summed E-state index contributed by atoms with van der Waals surface area (Å²) in [6, 6.07) is 15.2. The van der Waals surface area contributed by atoms with E-state index < -0.39 is 11.2 Å². The maximum absolute atomic E-state index is 13.3. The summed E-state index contributed by atoms with van der Waals surface area (Å²) in [6.45, 7) is 2.07. The molecule has 0 saturated carbocycles. The topological polar surface area (TPSA) is 123 Å². The maximum atomic E-state index is 13.3. The molecule has 1 aromatic heterocycles. The number of nitrogens with two attached hydrogens (primary N) is 1. The van der Waals surface area contributed by atoms with E-state index in [-0.39, 0.29) is 36.5 Å². The van der Waals surface area contributed by atoms with E-state index in [1.54, 1.807) is 0 Å². The van der Waals surface area contributed by atoms with Crippen LogP contribution >= 0.6 is 0 Å². The van der Waals surface area contributed by atoms with Gasteiger partial charge in [-0.25, -0.2) is 4.79 Å². The lowest BCUT2D eigenvalue weighted by Crippen LogP contribution is -2.43. The Morgan fingerprint density at radius 2 is 1.86 bits per heavy atom. The first-order chi connectivity index (χ1) is 17.4. The van der Waals surface area contributed by atoms with Gasteiger partial charge in [0.15, 0.2) is 17.2 Å². The number of aromatic nitrogens is 2. The zero-order valence-corrected chi connectivity index (χ0v) is 20.1. The smallest absolute Gasteiger partial charge is 0.330 e. The van der Waals surface area contributed by atoms with Gasteiger partial charge >= 0.3 is 5.69 Å². The number of rotatable bonds is 6. The van der Waals surface area contributed by atoms with Crippen LogP contribution in [0.25, 0.3) is 0 Å². The molecule has 10 heteroatoms. The molecular formula is C26H29N5O5. The van der Waals surface area contributed by atoms with Crippen molar-refractivity contribution < 1.29 is 14.3 Å². The van der Waals surface area contributed by atoms with E-state index in [0.717, 1.165) is 36.3 Å². The molecule has 2 aromatic carbocycles.